The van der Waals surface area contributed by atoms with Crippen LogP contribution < -0.4 is 21.3 Å². The van der Waals surface area contributed by atoms with Gasteiger partial charge in [0, 0.05) is 36.6 Å². The molecule has 4 aromatic rings. The number of carbonyl (C=O) groups is 1. The van der Waals surface area contributed by atoms with Crippen LogP contribution in [0.15, 0.2) is 67.6 Å². The summed E-state index contributed by atoms with van der Waals surface area (Å²) in [5, 5.41) is 6.43. The third-order valence-corrected chi connectivity index (χ3v) is 5.97. The van der Waals surface area contributed by atoms with E-state index in [9.17, 15) is 4.79 Å². The highest BCUT2D eigenvalue weighted by atomic mass is 19.1. The van der Waals surface area contributed by atoms with Crippen molar-refractivity contribution in [1.29, 1.82) is 0 Å². The second kappa shape index (κ2) is 10.6. The number of hydrogen-bond acceptors (Lipinski definition) is 9. The van der Waals surface area contributed by atoms with E-state index in [1.54, 1.807) is 30.6 Å². The van der Waals surface area contributed by atoms with E-state index < -0.39 is 5.82 Å². The van der Waals surface area contributed by atoms with Gasteiger partial charge in [0.05, 0.1) is 47.9 Å². The molecule has 0 bridgehead atoms. The molecule has 0 spiro atoms. The number of nitrogens with zero attached hydrogens (tertiary/aromatic N) is 5. The lowest BCUT2D eigenvalue weighted by Crippen LogP contribution is -2.49. The summed E-state index contributed by atoms with van der Waals surface area (Å²) in [4.78, 5) is 31.6. The predicted octanol–water partition coefficient (Wildman–Crippen LogP) is 3.26. The molecule has 1 saturated heterocycles. The molecule has 0 radical (unpaired) electrons. The zero-order valence-electron chi connectivity index (χ0n) is 19.9. The maximum Gasteiger partial charge on any atom is 0.247 e. The van der Waals surface area contributed by atoms with Crippen molar-refractivity contribution in [1.82, 2.24) is 19.9 Å². The van der Waals surface area contributed by atoms with Crippen LogP contribution in [0.25, 0.3) is 22.2 Å². The number of amides is 1. The number of nitrogens with one attached hydrogen (secondary N) is 2. The second-order valence-electron chi connectivity index (χ2n) is 8.36. The van der Waals surface area contributed by atoms with Crippen LogP contribution in [-0.4, -0.2) is 58.2 Å². The Bertz CT molecular complexity index is 1450. The van der Waals surface area contributed by atoms with Gasteiger partial charge < -0.3 is 26.0 Å². The maximum atomic E-state index is 15.0. The van der Waals surface area contributed by atoms with Crippen molar-refractivity contribution in [3.8, 4) is 11.3 Å². The van der Waals surface area contributed by atoms with Crippen molar-refractivity contribution in [3.05, 3.63) is 73.5 Å². The number of nitrogens with two attached hydrogens (primary N) is 1. The number of ether oxygens (including phenoxy) is 1. The number of aromatic nitrogens is 4. The summed E-state index contributed by atoms with van der Waals surface area (Å²) in [6.45, 7) is 5.83. The van der Waals surface area contributed by atoms with Gasteiger partial charge in [0.2, 0.25) is 11.9 Å². The Labute approximate surface area is 212 Å². The van der Waals surface area contributed by atoms with Gasteiger partial charge in [-0.25, -0.2) is 19.3 Å². The summed E-state index contributed by atoms with van der Waals surface area (Å²) in [7, 11) is 0. The smallest absolute Gasteiger partial charge is 0.247 e. The van der Waals surface area contributed by atoms with Crippen molar-refractivity contribution in [3.63, 3.8) is 0 Å². The van der Waals surface area contributed by atoms with Crippen LogP contribution in [0.2, 0.25) is 0 Å². The standard InChI is InChI=1S/C26H25FN8O2/c1-2-23(36)32-17-7-8-29-21(11-17)24-20(27)5-3-16-13-31-26(34-25(16)24)33-18-4-6-22(30-14-18)35-9-10-37-15-19(35)12-28/h2-8,11,13-14,19H,1,9-10,12,15,28H2,(H,29,32,36)(H,31,33,34)/t19-/m1/s1. The zero-order chi connectivity index (χ0) is 25.8. The Morgan fingerprint density at radius 3 is 2.86 bits per heavy atom. The van der Waals surface area contributed by atoms with E-state index in [4.69, 9.17) is 10.5 Å². The van der Waals surface area contributed by atoms with Gasteiger partial charge in [0.1, 0.15) is 11.6 Å². The monoisotopic (exact) mass is 500 g/mol. The number of halogens is 1. The van der Waals surface area contributed by atoms with Gasteiger partial charge in [-0.15, -0.1) is 0 Å². The molecule has 3 aromatic heterocycles. The molecule has 188 valence electrons. The zero-order valence-corrected chi connectivity index (χ0v) is 19.9. The largest absolute Gasteiger partial charge is 0.377 e. The van der Waals surface area contributed by atoms with Crippen LogP contribution in [0, 0.1) is 5.82 Å². The number of benzene rings is 1. The number of fused-ring (bicyclic) bond motifs is 1. The van der Waals surface area contributed by atoms with Gasteiger partial charge in [-0.3, -0.25) is 9.78 Å². The fourth-order valence-electron chi connectivity index (χ4n) is 4.13. The third-order valence-electron chi connectivity index (χ3n) is 5.97. The van der Waals surface area contributed by atoms with Crippen molar-refractivity contribution in [2.45, 2.75) is 6.04 Å². The molecule has 1 aromatic carbocycles. The lowest BCUT2D eigenvalue weighted by molar-refractivity contribution is -0.111. The average molecular weight is 501 g/mol. The minimum absolute atomic E-state index is 0.0781. The van der Waals surface area contributed by atoms with E-state index in [0.29, 0.717) is 47.7 Å². The summed E-state index contributed by atoms with van der Waals surface area (Å²) in [5.41, 5.74) is 7.91. The van der Waals surface area contributed by atoms with Crippen LogP contribution in [-0.2, 0) is 9.53 Å². The number of rotatable bonds is 7. The van der Waals surface area contributed by atoms with Gasteiger partial charge in [0.25, 0.3) is 0 Å². The Hall–Kier alpha value is -4.48. The van der Waals surface area contributed by atoms with Crippen LogP contribution in [0.3, 0.4) is 0 Å². The normalized spacial score (nSPS) is 15.4. The molecule has 1 aliphatic heterocycles. The van der Waals surface area contributed by atoms with E-state index in [2.05, 4.69) is 42.0 Å². The molecule has 0 saturated carbocycles. The summed E-state index contributed by atoms with van der Waals surface area (Å²) in [5.74, 6) is 0.206. The van der Waals surface area contributed by atoms with Crippen molar-refractivity contribution in [2.75, 3.05) is 41.8 Å². The average Bonchev–Trinajstić information content (AvgIpc) is 2.93. The molecule has 0 unspecified atom stereocenters. The number of anilines is 4. The molecule has 0 aliphatic carbocycles. The maximum absolute atomic E-state index is 15.0. The van der Waals surface area contributed by atoms with Crippen LogP contribution in [0.5, 0.6) is 0 Å². The van der Waals surface area contributed by atoms with E-state index in [-0.39, 0.29) is 23.5 Å². The Balaban J connectivity index is 1.44. The predicted molar refractivity (Wildman–Crippen MR) is 140 cm³/mol. The highest BCUT2D eigenvalue weighted by Crippen LogP contribution is 2.31. The molecule has 5 rings (SSSR count). The van der Waals surface area contributed by atoms with Gasteiger partial charge >= 0.3 is 0 Å². The quantitative estimate of drug-likeness (QED) is 0.327. The van der Waals surface area contributed by atoms with Gasteiger partial charge in [-0.2, -0.15) is 0 Å². The highest BCUT2D eigenvalue weighted by Gasteiger charge is 2.23. The highest BCUT2D eigenvalue weighted by molar-refractivity contribution is 6.00. The summed E-state index contributed by atoms with van der Waals surface area (Å²) in [6.07, 6.45) is 5.94. The number of morpholine rings is 1. The first-order valence-electron chi connectivity index (χ1n) is 11.7. The molecule has 10 nitrogen and oxygen atoms in total. The van der Waals surface area contributed by atoms with Crippen LogP contribution in [0.1, 0.15) is 0 Å². The minimum Gasteiger partial charge on any atom is -0.377 e. The molecule has 1 amide bonds. The van der Waals surface area contributed by atoms with Crippen molar-refractivity contribution >= 4 is 40.0 Å². The first kappa shape index (κ1) is 24.2. The Morgan fingerprint density at radius 2 is 2.08 bits per heavy atom. The summed E-state index contributed by atoms with van der Waals surface area (Å²) in [6, 6.07) is 9.99. The van der Waals surface area contributed by atoms with Gasteiger partial charge in [-0.1, -0.05) is 6.58 Å². The summed E-state index contributed by atoms with van der Waals surface area (Å²) < 4.78 is 20.6. The van der Waals surface area contributed by atoms with E-state index in [1.807, 2.05) is 12.1 Å². The fourth-order valence-corrected chi connectivity index (χ4v) is 4.13. The molecular weight excluding hydrogens is 475 g/mol. The van der Waals surface area contributed by atoms with Gasteiger partial charge in [0.15, 0.2) is 0 Å². The van der Waals surface area contributed by atoms with E-state index >= 15 is 4.39 Å². The third kappa shape index (κ3) is 5.22. The molecule has 37 heavy (non-hydrogen) atoms. The van der Waals surface area contributed by atoms with Crippen LogP contribution >= 0.6 is 0 Å². The molecule has 1 fully saturated rings. The minimum atomic E-state index is -0.497. The second-order valence-corrected chi connectivity index (χ2v) is 8.36. The first-order valence-corrected chi connectivity index (χ1v) is 11.7. The fraction of sp³-hybridized carbons (Fsp3) is 0.192. The molecule has 1 atom stereocenters. The van der Waals surface area contributed by atoms with E-state index in [0.717, 1.165) is 18.4 Å². The number of carbonyl (C=O) groups excluding carboxylic acids is 1. The first-order chi connectivity index (χ1) is 18.1. The number of hydrogen-bond donors (Lipinski definition) is 3. The topological polar surface area (TPSA) is 131 Å². The number of pyridine rings is 2. The van der Waals surface area contributed by atoms with Crippen LogP contribution in [0.4, 0.5) is 27.5 Å². The lowest BCUT2D eigenvalue weighted by Gasteiger charge is -2.35. The molecule has 4 N–H and O–H groups in total. The van der Waals surface area contributed by atoms with Crippen molar-refractivity contribution < 1.29 is 13.9 Å². The van der Waals surface area contributed by atoms with E-state index in [1.165, 1.54) is 12.3 Å². The Morgan fingerprint density at radius 1 is 1.19 bits per heavy atom. The van der Waals surface area contributed by atoms with Crippen molar-refractivity contribution in [2.24, 2.45) is 5.73 Å². The summed E-state index contributed by atoms with van der Waals surface area (Å²) >= 11 is 0. The molecule has 11 heteroatoms. The SMILES string of the molecule is C=CC(=O)Nc1ccnc(-c2c(F)ccc3cnc(Nc4ccc(N5CCOC[C@H]5CN)nc4)nc23)c1. The molecule has 4 heterocycles. The lowest BCUT2D eigenvalue weighted by atomic mass is 10.1. The molecular formula is C26H25FN8O2. The van der Waals surface area contributed by atoms with Gasteiger partial charge in [-0.05, 0) is 42.5 Å². The molecule has 1 aliphatic rings. The Kier molecular flexibility index (Phi) is 6.97.